The van der Waals surface area contributed by atoms with E-state index in [1.54, 1.807) is 23.0 Å². The van der Waals surface area contributed by atoms with E-state index in [0.29, 0.717) is 74.4 Å². The third-order valence-corrected chi connectivity index (χ3v) is 6.73. The third kappa shape index (κ3) is 3.78. The van der Waals surface area contributed by atoms with Crippen molar-refractivity contribution in [2.24, 2.45) is 5.92 Å². The van der Waals surface area contributed by atoms with Crippen LogP contribution in [0.25, 0.3) is 5.65 Å². The average molecular weight is 463 g/mol. The lowest BCUT2D eigenvalue weighted by Crippen LogP contribution is -2.37. The second kappa shape index (κ2) is 8.69. The molecular formula is C24H26N6O4. The molecule has 2 amide bonds. The summed E-state index contributed by atoms with van der Waals surface area (Å²) in [7, 11) is 0. The molecule has 0 radical (unpaired) electrons. The number of ether oxygens (including phenoxy) is 2. The Morgan fingerprint density at radius 2 is 2.06 bits per heavy atom. The molecule has 3 aromatic rings. The number of hydrogen-bond acceptors (Lipinski definition) is 7. The number of carbonyl (C=O) groups is 2. The number of carbonyl (C=O) groups excluding carboxylic acids is 2. The lowest BCUT2D eigenvalue weighted by Gasteiger charge is -2.31. The van der Waals surface area contributed by atoms with E-state index in [1.807, 2.05) is 17.0 Å². The Hall–Kier alpha value is -3.50. The number of anilines is 2. The van der Waals surface area contributed by atoms with Crippen molar-refractivity contribution in [3.8, 4) is 0 Å². The van der Waals surface area contributed by atoms with E-state index in [1.165, 1.54) is 6.20 Å². The molecule has 2 saturated heterocycles. The number of rotatable bonds is 5. The first-order valence-corrected chi connectivity index (χ1v) is 11.6. The van der Waals surface area contributed by atoms with Crippen LogP contribution in [-0.4, -0.2) is 77.4 Å². The number of amides is 2. The van der Waals surface area contributed by atoms with Gasteiger partial charge in [-0.2, -0.15) is 5.10 Å². The minimum atomic E-state index is -0.285. The Labute approximate surface area is 196 Å². The molecule has 5 heterocycles. The molecule has 0 aliphatic carbocycles. The number of morpholine rings is 1. The van der Waals surface area contributed by atoms with Gasteiger partial charge in [0.15, 0.2) is 5.65 Å². The van der Waals surface area contributed by atoms with E-state index < -0.39 is 0 Å². The molecule has 2 fully saturated rings. The second-order valence-electron chi connectivity index (χ2n) is 8.94. The molecule has 1 aromatic carbocycles. The van der Waals surface area contributed by atoms with Gasteiger partial charge in [0.05, 0.1) is 37.4 Å². The molecule has 10 heteroatoms. The van der Waals surface area contributed by atoms with Crippen LogP contribution in [-0.2, 0) is 16.0 Å². The monoisotopic (exact) mass is 462 g/mol. The van der Waals surface area contributed by atoms with Gasteiger partial charge in [0.25, 0.3) is 11.8 Å². The van der Waals surface area contributed by atoms with Gasteiger partial charge in [-0.25, -0.2) is 9.50 Å². The number of fused-ring (bicyclic) bond motifs is 2. The largest absolute Gasteiger partial charge is 0.381 e. The minimum absolute atomic E-state index is 0.0427. The van der Waals surface area contributed by atoms with Crippen molar-refractivity contribution in [3.05, 3.63) is 53.5 Å². The van der Waals surface area contributed by atoms with Crippen LogP contribution < -0.4 is 10.2 Å². The maximum absolute atomic E-state index is 13.2. The van der Waals surface area contributed by atoms with Crippen LogP contribution in [0.3, 0.4) is 0 Å². The quantitative estimate of drug-likeness (QED) is 0.617. The number of nitrogens with one attached hydrogen (secondary N) is 1. The van der Waals surface area contributed by atoms with Crippen molar-refractivity contribution in [1.29, 1.82) is 0 Å². The van der Waals surface area contributed by atoms with Gasteiger partial charge in [-0.05, 0) is 30.2 Å². The molecule has 3 aliphatic heterocycles. The summed E-state index contributed by atoms with van der Waals surface area (Å²) in [5, 5.41) is 7.30. The Kier molecular flexibility index (Phi) is 5.39. The molecule has 0 spiro atoms. The number of aromatic nitrogens is 3. The van der Waals surface area contributed by atoms with Crippen LogP contribution in [0.5, 0.6) is 0 Å². The van der Waals surface area contributed by atoms with Crippen molar-refractivity contribution >= 4 is 28.8 Å². The van der Waals surface area contributed by atoms with Gasteiger partial charge in [-0.1, -0.05) is 0 Å². The maximum atomic E-state index is 13.2. The predicted octanol–water partition coefficient (Wildman–Crippen LogP) is 1.81. The summed E-state index contributed by atoms with van der Waals surface area (Å²) in [4.78, 5) is 34.8. The van der Waals surface area contributed by atoms with E-state index in [9.17, 15) is 9.59 Å². The third-order valence-electron chi connectivity index (χ3n) is 6.73. The molecule has 6 rings (SSSR count). The fraction of sp³-hybridized carbons (Fsp3) is 0.417. The Morgan fingerprint density at radius 1 is 1.18 bits per heavy atom. The first-order chi connectivity index (χ1) is 16.7. The Bertz CT molecular complexity index is 1250. The van der Waals surface area contributed by atoms with Crippen molar-refractivity contribution in [2.45, 2.75) is 13.0 Å². The highest BCUT2D eigenvalue weighted by molar-refractivity contribution is 6.10. The highest BCUT2D eigenvalue weighted by Crippen LogP contribution is 2.36. The first kappa shape index (κ1) is 21.1. The molecule has 2 aromatic heterocycles. The summed E-state index contributed by atoms with van der Waals surface area (Å²) in [6.07, 6.45) is 5.89. The molecule has 0 saturated carbocycles. The fourth-order valence-corrected chi connectivity index (χ4v) is 4.94. The van der Waals surface area contributed by atoms with Gasteiger partial charge in [0.1, 0.15) is 5.56 Å². The highest BCUT2D eigenvalue weighted by atomic mass is 16.5. The van der Waals surface area contributed by atoms with Crippen molar-refractivity contribution in [1.82, 2.24) is 19.5 Å². The lowest BCUT2D eigenvalue weighted by atomic mass is 10.1. The zero-order chi connectivity index (χ0) is 23.1. The van der Waals surface area contributed by atoms with E-state index in [-0.39, 0.29) is 11.8 Å². The number of nitrogens with zero attached hydrogens (tertiary/aromatic N) is 5. The molecule has 0 unspecified atom stereocenters. The molecule has 10 nitrogen and oxygen atoms in total. The SMILES string of the molecule is O=C(Nc1cc2c(cc1N1CCOCC1)C(=O)N(C[C@H]1CCOC1)C2)c1cnn2cccnc12. The molecule has 176 valence electrons. The van der Waals surface area contributed by atoms with E-state index in [0.717, 1.165) is 24.3 Å². The smallest absolute Gasteiger partial charge is 0.261 e. The fourth-order valence-electron chi connectivity index (χ4n) is 4.94. The van der Waals surface area contributed by atoms with Gasteiger partial charge in [-0.3, -0.25) is 9.59 Å². The molecule has 34 heavy (non-hydrogen) atoms. The molecular weight excluding hydrogens is 436 g/mol. The van der Waals surface area contributed by atoms with Gasteiger partial charge < -0.3 is 24.6 Å². The zero-order valence-corrected chi connectivity index (χ0v) is 18.8. The summed E-state index contributed by atoms with van der Waals surface area (Å²) in [5.74, 6) is 0.132. The summed E-state index contributed by atoms with van der Waals surface area (Å²) < 4.78 is 12.6. The van der Waals surface area contributed by atoms with Crippen LogP contribution in [0.1, 0.15) is 32.7 Å². The second-order valence-corrected chi connectivity index (χ2v) is 8.94. The predicted molar refractivity (Wildman–Crippen MR) is 124 cm³/mol. The van der Waals surface area contributed by atoms with Gasteiger partial charge in [0, 0.05) is 56.7 Å². The lowest BCUT2D eigenvalue weighted by molar-refractivity contribution is 0.0744. The van der Waals surface area contributed by atoms with Gasteiger partial charge in [0.2, 0.25) is 0 Å². The van der Waals surface area contributed by atoms with Crippen LogP contribution in [0.4, 0.5) is 11.4 Å². The average Bonchev–Trinajstić information content (AvgIpc) is 3.59. The summed E-state index contributed by atoms with van der Waals surface area (Å²) >= 11 is 0. The van der Waals surface area contributed by atoms with Crippen LogP contribution in [0.15, 0.2) is 36.8 Å². The standard InChI is InChI=1S/C24H26N6O4/c31-23(19-12-26-30-4-1-3-25-22(19)30)27-20-10-17-14-29(13-16-2-7-34-15-16)24(32)18(17)11-21(20)28-5-8-33-9-6-28/h1,3-4,10-12,16H,2,5-9,13-15H2,(H,27,31)/t16-/m1/s1. The van der Waals surface area contributed by atoms with Crippen molar-refractivity contribution in [3.63, 3.8) is 0 Å². The molecule has 1 atom stereocenters. The van der Waals surface area contributed by atoms with Crippen molar-refractivity contribution in [2.75, 3.05) is 56.3 Å². The summed E-state index contributed by atoms with van der Waals surface area (Å²) in [6, 6.07) is 5.64. The minimum Gasteiger partial charge on any atom is -0.381 e. The molecule has 0 bridgehead atoms. The highest BCUT2D eigenvalue weighted by Gasteiger charge is 2.32. The van der Waals surface area contributed by atoms with Crippen LogP contribution in [0.2, 0.25) is 0 Å². The van der Waals surface area contributed by atoms with E-state index >= 15 is 0 Å². The van der Waals surface area contributed by atoms with Gasteiger partial charge in [-0.15, -0.1) is 0 Å². The van der Waals surface area contributed by atoms with Gasteiger partial charge >= 0.3 is 0 Å². The van der Waals surface area contributed by atoms with E-state index in [2.05, 4.69) is 20.3 Å². The Morgan fingerprint density at radius 3 is 2.88 bits per heavy atom. The van der Waals surface area contributed by atoms with E-state index in [4.69, 9.17) is 9.47 Å². The first-order valence-electron chi connectivity index (χ1n) is 11.6. The van der Waals surface area contributed by atoms with Crippen LogP contribution in [0, 0.1) is 5.92 Å². The summed E-state index contributed by atoms with van der Waals surface area (Å²) in [5.41, 5.74) is 4.03. The summed E-state index contributed by atoms with van der Waals surface area (Å²) in [6.45, 7) is 5.28. The number of hydrogen-bond donors (Lipinski definition) is 1. The molecule has 1 N–H and O–H groups in total. The zero-order valence-electron chi connectivity index (χ0n) is 18.8. The molecule has 3 aliphatic rings. The van der Waals surface area contributed by atoms with Crippen LogP contribution >= 0.6 is 0 Å². The Balaban J connectivity index is 1.32. The maximum Gasteiger partial charge on any atom is 0.261 e. The van der Waals surface area contributed by atoms with Crippen molar-refractivity contribution < 1.29 is 19.1 Å². The topological polar surface area (TPSA) is 101 Å². The normalized spacial score (nSPS) is 20.2. The number of benzene rings is 1.